The average Bonchev–Trinajstić information content (AvgIpc) is 2.36. The van der Waals surface area contributed by atoms with Crippen molar-refractivity contribution in [3.63, 3.8) is 0 Å². The molecule has 1 aromatic rings. The molecule has 0 aliphatic heterocycles. The summed E-state index contributed by atoms with van der Waals surface area (Å²) in [5.74, 6) is 0. The van der Waals surface area contributed by atoms with Crippen molar-refractivity contribution in [2.75, 3.05) is 0 Å². The molecule has 0 radical (unpaired) electrons. The second-order valence-electron chi connectivity index (χ2n) is 8.05. The van der Waals surface area contributed by atoms with Crippen molar-refractivity contribution in [2.24, 2.45) is 10.4 Å². The largest absolute Gasteiger partial charge is 0.257 e. The van der Waals surface area contributed by atoms with Gasteiger partial charge in [0.25, 0.3) is 0 Å². The quantitative estimate of drug-likeness (QED) is 0.587. The van der Waals surface area contributed by atoms with Gasteiger partial charge in [-0.25, -0.2) is 0 Å². The first-order chi connectivity index (χ1) is 9.96. The summed E-state index contributed by atoms with van der Waals surface area (Å²) in [7, 11) is 0. The van der Waals surface area contributed by atoms with Crippen LogP contribution >= 0.6 is 0 Å². The van der Waals surface area contributed by atoms with Gasteiger partial charge in [0.2, 0.25) is 0 Å². The van der Waals surface area contributed by atoms with Crippen LogP contribution in [0.2, 0.25) is 0 Å². The van der Waals surface area contributed by atoms with Gasteiger partial charge in [-0.2, -0.15) is 0 Å². The molecule has 0 amide bonds. The maximum atomic E-state index is 4.54. The van der Waals surface area contributed by atoms with Crippen LogP contribution in [0.3, 0.4) is 0 Å². The summed E-state index contributed by atoms with van der Waals surface area (Å²) in [5, 5.41) is 0. The number of rotatable bonds is 3. The minimum absolute atomic E-state index is 0.129. The molecule has 22 heavy (non-hydrogen) atoms. The van der Waals surface area contributed by atoms with Crippen molar-refractivity contribution in [2.45, 2.75) is 60.8 Å². The lowest BCUT2D eigenvalue weighted by atomic mass is 9.83. The summed E-state index contributed by atoms with van der Waals surface area (Å²) in [6, 6.07) is 6.67. The summed E-state index contributed by atoms with van der Waals surface area (Å²) in [4.78, 5) is 4.54. The second kappa shape index (κ2) is 6.64. The zero-order chi connectivity index (χ0) is 17.1. The molecule has 120 valence electrons. The SMILES string of the molecule is C=C/N=C(\C=C(/C)C(C)(C)C)c1cc(C(C)(C)C)ccc1C. The third-order valence-electron chi connectivity index (χ3n) is 4.15. The maximum Gasteiger partial charge on any atom is 0.0704 e. The van der Waals surface area contributed by atoms with E-state index in [2.05, 4.69) is 91.2 Å². The van der Waals surface area contributed by atoms with Crippen LogP contribution in [0, 0.1) is 12.3 Å². The van der Waals surface area contributed by atoms with Gasteiger partial charge >= 0.3 is 0 Å². The van der Waals surface area contributed by atoms with E-state index in [1.807, 2.05) is 0 Å². The Hall–Kier alpha value is -1.63. The first kappa shape index (κ1) is 18.4. The Balaban J connectivity index is 3.47. The first-order valence-electron chi connectivity index (χ1n) is 7.96. The third-order valence-corrected chi connectivity index (χ3v) is 4.15. The molecule has 1 nitrogen and oxygen atoms in total. The highest BCUT2D eigenvalue weighted by Gasteiger charge is 2.18. The number of hydrogen-bond acceptors (Lipinski definition) is 1. The van der Waals surface area contributed by atoms with Gasteiger partial charge in [0, 0.05) is 11.8 Å². The van der Waals surface area contributed by atoms with E-state index in [0.717, 1.165) is 5.71 Å². The summed E-state index contributed by atoms with van der Waals surface area (Å²) >= 11 is 0. The molecule has 0 saturated heterocycles. The molecule has 1 heteroatoms. The normalized spacial score (nSPS) is 14.2. The van der Waals surface area contributed by atoms with E-state index in [1.54, 1.807) is 6.20 Å². The maximum absolute atomic E-state index is 4.54. The summed E-state index contributed by atoms with van der Waals surface area (Å²) in [6.07, 6.45) is 3.82. The van der Waals surface area contributed by atoms with E-state index < -0.39 is 0 Å². The van der Waals surface area contributed by atoms with Gasteiger partial charge in [-0.3, -0.25) is 4.99 Å². The predicted molar refractivity (Wildman–Crippen MR) is 99.8 cm³/mol. The summed E-state index contributed by atoms with van der Waals surface area (Å²) in [6.45, 7) is 21.5. The Morgan fingerprint density at radius 2 is 1.68 bits per heavy atom. The molecule has 0 aromatic heterocycles. The van der Waals surface area contributed by atoms with Crippen LogP contribution in [-0.2, 0) is 5.41 Å². The fourth-order valence-electron chi connectivity index (χ4n) is 2.07. The van der Waals surface area contributed by atoms with Gasteiger partial charge < -0.3 is 0 Å². The average molecular weight is 297 g/mol. The van der Waals surface area contributed by atoms with Gasteiger partial charge in [0.1, 0.15) is 0 Å². The van der Waals surface area contributed by atoms with E-state index in [4.69, 9.17) is 0 Å². The number of aryl methyl sites for hydroxylation is 1. The van der Waals surface area contributed by atoms with Crippen LogP contribution in [-0.4, -0.2) is 5.71 Å². The Morgan fingerprint density at radius 1 is 1.09 bits per heavy atom. The Labute approximate surface area is 136 Å². The highest BCUT2D eigenvalue weighted by Crippen LogP contribution is 2.28. The lowest BCUT2D eigenvalue weighted by Crippen LogP contribution is -2.14. The van der Waals surface area contributed by atoms with Crippen molar-refractivity contribution in [1.82, 2.24) is 0 Å². The number of hydrogen-bond donors (Lipinski definition) is 0. The van der Waals surface area contributed by atoms with Crippen molar-refractivity contribution in [3.05, 3.63) is 59.3 Å². The van der Waals surface area contributed by atoms with Crippen LogP contribution in [0.5, 0.6) is 0 Å². The zero-order valence-corrected chi connectivity index (χ0v) is 15.5. The molecule has 0 spiro atoms. The van der Waals surface area contributed by atoms with Crippen molar-refractivity contribution in [3.8, 4) is 0 Å². The molecular weight excluding hydrogens is 266 g/mol. The second-order valence-corrected chi connectivity index (χ2v) is 8.05. The van der Waals surface area contributed by atoms with E-state index >= 15 is 0 Å². The molecule has 0 aliphatic rings. The molecule has 0 aliphatic carbocycles. The van der Waals surface area contributed by atoms with Crippen LogP contribution in [0.15, 0.2) is 47.6 Å². The highest BCUT2D eigenvalue weighted by molar-refractivity contribution is 6.10. The van der Waals surface area contributed by atoms with E-state index in [-0.39, 0.29) is 10.8 Å². The third kappa shape index (κ3) is 4.69. The van der Waals surface area contributed by atoms with Crippen molar-refractivity contribution in [1.29, 1.82) is 0 Å². The molecule has 1 aromatic carbocycles. The molecule has 0 heterocycles. The lowest BCUT2D eigenvalue weighted by Gasteiger charge is -2.22. The minimum atomic E-state index is 0.129. The summed E-state index contributed by atoms with van der Waals surface area (Å²) < 4.78 is 0. The predicted octanol–water partition coefficient (Wildman–Crippen LogP) is 6.22. The van der Waals surface area contributed by atoms with Crippen LogP contribution in [0.1, 0.15) is 65.2 Å². The number of allylic oxidation sites excluding steroid dienone is 2. The van der Waals surface area contributed by atoms with E-state index in [1.165, 1.54) is 22.3 Å². The topological polar surface area (TPSA) is 12.4 Å². The van der Waals surface area contributed by atoms with E-state index in [9.17, 15) is 0 Å². The molecule has 0 fully saturated rings. The zero-order valence-electron chi connectivity index (χ0n) is 15.5. The van der Waals surface area contributed by atoms with E-state index in [0.29, 0.717) is 0 Å². The summed E-state index contributed by atoms with van der Waals surface area (Å²) in [5.41, 5.74) is 6.33. The molecule has 0 atom stereocenters. The van der Waals surface area contributed by atoms with Crippen LogP contribution in [0.4, 0.5) is 0 Å². The Morgan fingerprint density at radius 3 is 2.14 bits per heavy atom. The molecule has 0 saturated carbocycles. The van der Waals surface area contributed by atoms with Gasteiger partial charge in [0.15, 0.2) is 0 Å². The Kier molecular flexibility index (Phi) is 5.56. The molecule has 0 unspecified atom stereocenters. The lowest BCUT2D eigenvalue weighted by molar-refractivity contribution is 0.504. The van der Waals surface area contributed by atoms with Gasteiger partial charge in [0.05, 0.1) is 5.71 Å². The number of benzene rings is 1. The van der Waals surface area contributed by atoms with Gasteiger partial charge in [-0.15, -0.1) is 0 Å². The Bertz CT molecular complexity index is 602. The number of nitrogens with zero attached hydrogens (tertiary/aromatic N) is 1. The highest BCUT2D eigenvalue weighted by atomic mass is 14.7. The molecular formula is C21H31N. The molecule has 0 bridgehead atoms. The number of aliphatic imine (C=N–C) groups is 1. The fraction of sp³-hybridized carbons (Fsp3) is 0.476. The fourth-order valence-corrected chi connectivity index (χ4v) is 2.07. The van der Waals surface area contributed by atoms with Crippen molar-refractivity contribution >= 4 is 5.71 Å². The van der Waals surface area contributed by atoms with Gasteiger partial charge in [-0.1, -0.05) is 65.8 Å². The monoisotopic (exact) mass is 297 g/mol. The standard InChI is InChI=1S/C21H31N/c1-10-22-19(13-16(3)20(4,5)6)18-14-17(21(7,8)9)12-11-15(18)2/h10-14H,1H2,2-9H3/b16-13+,22-19+. The molecule has 1 rings (SSSR count). The minimum Gasteiger partial charge on any atom is -0.257 e. The van der Waals surface area contributed by atoms with Crippen LogP contribution < -0.4 is 0 Å². The van der Waals surface area contributed by atoms with Crippen molar-refractivity contribution < 1.29 is 0 Å². The first-order valence-corrected chi connectivity index (χ1v) is 7.96. The smallest absolute Gasteiger partial charge is 0.0704 e. The van der Waals surface area contributed by atoms with Crippen LogP contribution in [0.25, 0.3) is 0 Å². The van der Waals surface area contributed by atoms with Gasteiger partial charge in [-0.05, 0) is 47.9 Å². The molecule has 0 N–H and O–H groups in total.